The second kappa shape index (κ2) is 14.2. The highest BCUT2D eigenvalue weighted by Gasteiger charge is 2.35. The summed E-state index contributed by atoms with van der Waals surface area (Å²) in [4.78, 5) is 27.6. The van der Waals surface area contributed by atoms with Crippen LogP contribution in [0, 0.1) is 23.2 Å². The van der Waals surface area contributed by atoms with E-state index < -0.39 is 17.7 Å². The molecule has 0 bridgehead atoms. The number of aryl methyl sites for hydroxylation is 1. The van der Waals surface area contributed by atoms with Crippen LogP contribution in [0.15, 0.2) is 91.5 Å². The highest BCUT2D eigenvalue weighted by Crippen LogP contribution is 2.39. The van der Waals surface area contributed by atoms with Gasteiger partial charge in [-0.2, -0.15) is 23.5 Å². The van der Waals surface area contributed by atoms with Crippen LogP contribution in [0.1, 0.15) is 59.8 Å². The molecule has 0 aliphatic heterocycles. The highest BCUT2D eigenvalue weighted by molar-refractivity contribution is 5.83. The molecule has 1 aliphatic rings. The number of nitrogens with one attached hydrogen (secondary N) is 1. The van der Waals surface area contributed by atoms with Gasteiger partial charge in [-0.25, -0.2) is 9.97 Å². The largest absolute Gasteiger partial charge is 0.416 e. The van der Waals surface area contributed by atoms with Crippen LogP contribution in [-0.2, 0) is 31.0 Å². The number of benzene rings is 2. The minimum absolute atomic E-state index is 0.0551. The summed E-state index contributed by atoms with van der Waals surface area (Å²) in [5.41, 5.74) is 3.82. The maximum Gasteiger partial charge on any atom is 0.416 e. The number of alkyl halides is 3. The molecule has 244 valence electrons. The third-order valence-electron chi connectivity index (χ3n) is 9.01. The van der Waals surface area contributed by atoms with Crippen molar-refractivity contribution in [2.45, 2.75) is 50.7 Å². The van der Waals surface area contributed by atoms with Gasteiger partial charge in [0.25, 0.3) is 0 Å². The van der Waals surface area contributed by atoms with Crippen LogP contribution in [-0.4, -0.2) is 30.6 Å². The van der Waals surface area contributed by atoms with Gasteiger partial charge < -0.3 is 5.32 Å². The Bertz CT molecular complexity index is 1890. The quantitative estimate of drug-likeness (QED) is 0.180. The fourth-order valence-corrected chi connectivity index (χ4v) is 6.43. The van der Waals surface area contributed by atoms with E-state index in [0.29, 0.717) is 30.0 Å². The van der Waals surface area contributed by atoms with Crippen molar-refractivity contribution in [1.82, 2.24) is 30.0 Å². The number of halogens is 3. The molecule has 8 nitrogen and oxygen atoms in total. The van der Waals surface area contributed by atoms with Gasteiger partial charge in [0.15, 0.2) is 0 Å². The molecule has 6 rings (SSSR count). The van der Waals surface area contributed by atoms with Gasteiger partial charge >= 0.3 is 6.18 Å². The van der Waals surface area contributed by atoms with E-state index in [9.17, 15) is 23.2 Å². The topological polar surface area (TPSA) is 109 Å². The molecule has 0 radical (unpaired) electrons. The maximum atomic E-state index is 13.8. The van der Waals surface area contributed by atoms with E-state index in [2.05, 4.69) is 26.5 Å². The molecule has 3 aromatic heterocycles. The first kappa shape index (κ1) is 32.6. The van der Waals surface area contributed by atoms with Crippen molar-refractivity contribution in [3.8, 4) is 28.5 Å². The van der Waals surface area contributed by atoms with Crippen LogP contribution in [0.25, 0.3) is 22.4 Å². The zero-order valence-electron chi connectivity index (χ0n) is 26.4. The summed E-state index contributed by atoms with van der Waals surface area (Å²) in [5, 5.41) is 17.0. The van der Waals surface area contributed by atoms with E-state index in [1.165, 1.54) is 18.3 Å². The molecule has 2 aromatic carbocycles. The predicted octanol–water partition coefficient (Wildman–Crippen LogP) is 7.28. The van der Waals surface area contributed by atoms with E-state index in [-0.39, 0.29) is 23.3 Å². The van der Waals surface area contributed by atoms with Crippen LogP contribution in [0.3, 0.4) is 0 Å². The third-order valence-corrected chi connectivity index (χ3v) is 9.01. The van der Waals surface area contributed by atoms with Gasteiger partial charge in [-0.3, -0.25) is 14.5 Å². The number of hydrogen-bond acceptors (Lipinski definition) is 6. The Balaban J connectivity index is 1.16. The van der Waals surface area contributed by atoms with Gasteiger partial charge in [-0.1, -0.05) is 48.5 Å². The maximum absolute atomic E-state index is 13.8. The average molecular weight is 650 g/mol. The molecule has 0 spiro atoms. The van der Waals surface area contributed by atoms with Crippen molar-refractivity contribution in [2.75, 3.05) is 0 Å². The second-order valence-electron chi connectivity index (χ2n) is 12.3. The Morgan fingerprint density at radius 3 is 2.29 bits per heavy atom. The second-order valence-corrected chi connectivity index (χ2v) is 12.3. The highest BCUT2D eigenvalue weighted by atomic mass is 19.4. The minimum Gasteiger partial charge on any atom is -0.351 e. The zero-order valence-corrected chi connectivity index (χ0v) is 26.4. The molecule has 11 heteroatoms. The molecule has 5 aromatic rings. The Kier molecular flexibility index (Phi) is 9.62. The lowest BCUT2D eigenvalue weighted by atomic mass is 9.73. The molecule has 0 saturated heterocycles. The SMILES string of the molecule is Cn1cc(-c2ccc(C(C(=O)NCc3ccccc3)[C@H]3CC[C@H](Cc4ncc(C#N)c(-c5ccc(C(F)(F)F)cc5)n4)CC3)nc2)cn1. The first-order valence-electron chi connectivity index (χ1n) is 15.9. The zero-order chi connectivity index (χ0) is 33.7. The molecule has 1 aliphatic carbocycles. The number of aromatic nitrogens is 5. The van der Waals surface area contributed by atoms with Gasteiger partial charge in [0.2, 0.25) is 5.91 Å². The van der Waals surface area contributed by atoms with E-state index in [1.807, 2.05) is 55.7 Å². The molecule has 48 heavy (non-hydrogen) atoms. The summed E-state index contributed by atoms with van der Waals surface area (Å²) in [7, 11) is 1.86. The fraction of sp³-hybridized carbons (Fsp3) is 0.297. The Hall–Kier alpha value is -5.37. The molecular weight excluding hydrogens is 615 g/mol. The van der Waals surface area contributed by atoms with Crippen molar-refractivity contribution in [3.05, 3.63) is 120 Å². The Morgan fingerprint density at radius 2 is 1.67 bits per heavy atom. The molecule has 1 N–H and O–H groups in total. The summed E-state index contributed by atoms with van der Waals surface area (Å²) >= 11 is 0. The van der Waals surface area contributed by atoms with Crippen LogP contribution < -0.4 is 5.32 Å². The number of amides is 1. The molecule has 1 saturated carbocycles. The van der Waals surface area contributed by atoms with Crippen molar-refractivity contribution in [1.29, 1.82) is 5.26 Å². The number of hydrogen-bond donors (Lipinski definition) is 1. The first-order valence-corrected chi connectivity index (χ1v) is 15.9. The lowest BCUT2D eigenvalue weighted by Gasteiger charge is -2.33. The summed E-state index contributed by atoms with van der Waals surface area (Å²) in [6, 6.07) is 20.4. The fourth-order valence-electron chi connectivity index (χ4n) is 6.43. The number of nitrogens with zero attached hydrogens (tertiary/aromatic N) is 6. The van der Waals surface area contributed by atoms with Gasteiger partial charge in [-0.15, -0.1) is 0 Å². The molecule has 1 fully saturated rings. The molecule has 1 atom stereocenters. The number of nitriles is 1. The number of pyridine rings is 1. The van der Waals surface area contributed by atoms with Gasteiger partial charge in [0, 0.05) is 55.3 Å². The monoisotopic (exact) mass is 649 g/mol. The number of rotatable bonds is 9. The van der Waals surface area contributed by atoms with Crippen molar-refractivity contribution in [2.24, 2.45) is 18.9 Å². The van der Waals surface area contributed by atoms with Gasteiger partial charge in [0.05, 0.1) is 34.6 Å². The van der Waals surface area contributed by atoms with Crippen LogP contribution >= 0.6 is 0 Å². The van der Waals surface area contributed by atoms with Crippen molar-refractivity contribution >= 4 is 5.91 Å². The van der Waals surface area contributed by atoms with Crippen molar-refractivity contribution in [3.63, 3.8) is 0 Å². The Morgan fingerprint density at radius 1 is 0.938 bits per heavy atom. The van der Waals surface area contributed by atoms with Gasteiger partial charge in [0.1, 0.15) is 11.9 Å². The normalized spacial score (nSPS) is 17.0. The van der Waals surface area contributed by atoms with Crippen LogP contribution in [0.2, 0.25) is 0 Å². The summed E-state index contributed by atoms with van der Waals surface area (Å²) < 4.78 is 41.0. The van der Waals surface area contributed by atoms with Crippen LogP contribution in [0.4, 0.5) is 13.2 Å². The molecule has 1 amide bonds. The average Bonchev–Trinajstić information content (AvgIpc) is 3.54. The molecule has 1 unspecified atom stereocenters. The lowest BCUT2D eigenvalue weighted by Crippen LogP contribution is -2.35. The van der Waals surface area contributed by atoms with E-state index in [4.69, 9.17) is 4.98 Å². The summed E-state index contributed by atoms with van der Waals surface area (Å²) in [6.07, 6.45) is 6.37. The predicted molar refractivity (Wildman–Crippen MR) is 174 cm³/mol. The standard InChI is InChI=1S/C37H34F3N7O/c1-47-23-30(22-45-47)28-13-16-32(42-20-28)34(36(48)44-19-25-5-3-2-4-6-25)26-9-7-24(8-10-26)17-33-43-21-29(18-41)35(46-33)27-11-14-31(15-12-27)37(38,39)40/h2-6,11-16,20-24,26,34H,7-10,17,19H2,1H3,(H,44,48)/t24-,26-,34?. The van der Waals surface area contributed by atoms with E-state index >= 15 is 0 Å². The number of carbonyl (C=O) groups excluding carboxylic acids is 1. The first-order chi connectivity index (χ1) is 23.2. The number of carbonyl (C=O) groups is 1. The molecule has 3 heterocycles. The minimum atomic E-state index is -4.45. The van der Waals surface area contributed by atoms with E-state index in [1.54, 1.807) is 17.1 Å². The Labute approximate surface area is 276 Å². The van der Waals surface area contributed by atoms with Crippen LogP contribution in [0.5, 0.6) is 0 Å². The molecular formula is C37H34F3N7O. The van der Waals surface area contributed by atoms with E-state index in [0.717, 1.165) is 60.2 Å². The van der Waals surface area contributed by atoms with Crippen molar-refractivity contribution < 1.29 is 18.0 Å². The third kappa shape index (κ3) is 7.60. The smallest absolute Gasteiger partial charge is 0.351 e. The van der Waals surface area contributed by atoms with Gasteiger partial charge in [-0.05, 0) is 61.3 Å². The summed E-state index contributed by atoms with van der Waals surface area (Å²) in [5.74, 6) is 0.398. The lowest BCUT2D eigenvalue weighted by molar-refractivity contribution is -0.137. The summed E-state index contributed by atoms with van der Waals surface area (Å²) in [6.45, 7) is 0.427.